The van der Waals surface area contributed by atoms with Crippen LogP contribution in [-0.2, 0) is 0 Å². The van der Waals surface area contributed by atoms with Crippen molar-refractivity contribution in [3.63, 3.8) is 0 Å². The lowest BCUT2D eigenvalue weighted by atomic mass is 10.0. The van der Waals surface area contributed by atoms with E-state index >= 15 is 0 Å². The summed E-state index contributed by atoms with van der Waals surface area (Å²) in [6, 6.07) is 14.3. The predicted molar refractivity (Wildman–Crippen MR) is 104 cm³/mol. The van der Waals surface area contributed by atoms with E-state index in [4.69, 9.17) is 9.72 Å². The maximum absolute atomic E-state index is 5.36. The maximum atomic E-state index is 5.36. The Morgan fingerprint density at radius 2 is 1.87 bits per heavy atom. The van der Waals surface area contributed by atoms with Crippen LogP contribution in [-0.4, -0.2) is 12.1 Å². The van der Waals surface area contributed by atoms with Gasteiger partial charge < -0.3 is 10.1 Å². The summed E-state index contributed by atoms with van der Waals surface area (Å²) in [5.41, 5.74) is 5.59. The summed E-state index contributed by atoms with van der Waals surface area (Å²) >= 11 is 1.60. The number of methoxy groups -OCH3 is 1. The molecule has 0 atom stereocenters. The molecule has 0 aliphatic heterocycles. The fraction of sp³-hybridized carbons (Fsp3) is 0.167. The molecule has 0 amide bonds. The van der Waals surface area contributed by atoms with Crippen LogP contribution >= 0.6 is 28.3 Å². The number of hydrogen-bond donors (Lipinski definition) is 1. The zero-order valence-electron chi connectivity index (χ0n) is 13.3. The van der Waals surface area contributed by atoms with Gasteiger partial charge in [0, 0.05) is 10.9 Å². The van der Waals surface area contributed by atoms with E-state index in [-0.39, 0.29) is 17.0 Å². The molecular formula is C18H19BrN2OS. The van der Waals surface area contributed by atoms with Gasteiger partial charge in [-0.25, -0.2) is 4.98 Å². The topological polar surface area (TPSA) is 34.1 Å². The highest BCUT2D eigenvalue weighted by Gasteiger charge is 2.09. The van der Waals surface area contributed by atoms with Gasteiger partial charge in [0.2, 0.25) is 0 Å². The first-order valence-electron chi connectivity index (χ1n) is 7.10. The first kappa shape index (κ1) is 17.5. The van der Waals surface area contributed by atoms with E-state index in [1.807, 2.05) is 24.3 Å². The average molecular weight is 391 g/mol. The van der Waals surface area contributed by atoms with Gasteiger partial charge in [0.05, 0.1) is 18.5 Å². The number of para-hydroxylation sites is 2. The van der Waals surface area contributed by atoms with Gasteiger partial charge in [-0.15, -0.1) is 28.3 Å². The Balaban J connectivity index is 0.00000192. The fourth-order valence-electron chi connectivity index (χ4n) is 2.33. The van der Waals surface area contributed by atoms with Gasteiger partial charge in [0.1, 0.15) is 5.75 Å². The van der Waals surface area contributed by atoms with Gasteiger partial charge in [-0.1, -0.05) is 29.8 Å². The number of hydrogen-bond acceptors (Lipinski definition) is 4. The molecule has 0 spiro atoms. The summed E-state index contributed by atoms with van der Waals surface area (Å²) in [5, 5.41) is 6.27. The fourth-order valence-corrected chi connectivity index (χ4v) is 3.05. The van der Waals surface area contributed by atoms with Gasteiger partial charge in [-0.05, 0) is 37.6 Å². The van der Waals surface area contributed by atoms with Crippen LogP contribution in [0.1, 0.15) is 11.1 Å². The Hall–Kier alpha value is -1.85. The number of thiazole rings is 1. The van der Waals surface area contributed by atoms with Crippen LogP contribution in [0.15, 0.2) is 47.8 Å². The van der Waals surface area contributed by atoms with Crippen LogP contribution in [0.3, 0.4) is 0 Å². The first-order chi connectivity index (χ1) is 10.7. The highest BCUT2D eigenvalue weighted by Crippen LogP contribution is 2.32. The third-order valence-electron chi connectivity index (χ3n) is 3.52. The molecule has 0 radical (unpaired) electrons. The maximum Gasteiger partial charge on any atom is 0.187 e. The van der Waals surface area contributed by atoms with Gasteiger partial charge in [0.15, 0.2) is 5.13 Å². The average Bonchev–Trinajstić information content (AvgIpc) is 2.98. The molecule has 1 heterocycles. The molecule has 5 heteroatoms. The first-order valence-corrected chi connectivity index (χ1v) is 7.98. The van der Waals surface area contributed by atoms with Crippen molar-refractivity contribution in [3.05, 3.63) is 59.0 Å². The molecule has 3 nitrogen and oxygen atoms in total. The molecule has 0 saturated heterocycles. The van der Waals surface area contributed by atoms with Gasteiger partial charge in [-0.3, -0.25) is 0 Å². The Morgan fingerprint density at radius 1 is 1.09 bits per heavy atom. The molecule has 3 rings (SSSR count). The molecule has 0 aliphatic carbocycles. The third kappa shape index (κ3) is 3.92. The van der Waals surface area contributed by atoms with Crippen molar-refractivity contribution in [2.75, 3.05) is 12.4 Å². The minimum atomic E-state index is 0. The minimum absolute atomic E-state index is 0. The third-order valence-corrected chi connectivity index (χ3v) is 4.28. The Labute approximate surface area is 151 Å². The number of halogens is 1. The second-order valence-corrected chi connectivity index (χ2v) is 6.04. The van der Waals surface area contributed by atoms with Crippen LogP contribution in [0.5, 0.6) is 5.75 Å². The number of nitrogens with one attached hydrogen (secondary N) is 1. The molecule has 0 unspecified atom stereocenters. The van der Waals surface area contributed by atoms with Crippen LogP contribution < -0.4 is 10.1 Å². The van der Waals surface area contributed by atoms with Crippen LogP contribution in [0.4, 0.5) is 10.8 Å². The number of aromatic nitrogens is 1. The van der Waals surface area contributed by atoms with Crippen molar-refractivity contribution in [1.82, 2.24) is 4.98 Å². The molecule has 3 aromatic rings. The second-order valence-electron chi connectivity index (χ2n) is 5.18. The van der Waals surface area contributed by atoms with Crippen molar-refractivity contribution < 1.29 is 4.74 Å². The quantitative estimate of drug-likeness (QED) is 0.614. The minimum Gasteiger partial charge on any atom is -0.495 e. The number of nitrogens with zero attached hydrogens (tertiary/aromatic N) is 1. The summed E-state index contributed by atoms with van der Waals surface area (Å²) in [5.74, 6) is 0.811. The molecular weight excluding hydrogens is 372 g/mol. The summed E-state index contributed by atoms with van der Waals surface area (Å²) < 4.78 is 5.36. The summed E-state index contributed by atoms with van der Waals surface area (Å²) in [6.07, 6.45) is 0. The summed E-state index contributed by atoms with van der Waals surface area (Å²) in [4.78, 5) is 4.70. The monoisotopic (exact) mass is 390 g/mol. The van der Waals surface area contributed by atoms with Crippen LogP contribution in [0, 0.1) is 13.8 Å². The van der Waals surface area contributed by atoms with Crippen LogP contribution in [0.2, 0.25) is 0 Å². The van der Waals surface area contributed by atoms with E-state index in [1.54, 1.807) is 18.4 Å². The molecule has 23 heavy (non-hydrogen) atoms. The molecule has 2 aromatic carbocycles. The van der Waals surface area contributed by atoms with E-state index < -0.39 is 0 Å². The second kappa shape index (κ2) is 7.62. The molecule has 0 saturated carbocycles. The van der Waals surface area contributed by atoms with Gasteiger partial charge in [-0.2, -0.15) is 0 Å². The van der Waals surface area contributed by atoms with E-state index in [0.29, 0.717) is 0 Å². The molecule has 0 fully saturated rings. The standard InChI is InChI=1S/C18H18N2OS.BrH/c1-12-8-9-13(2)14(10-12)16-11-22-18(20-16)19-15-6-4-5-7-17(15)21-3;/h4-11H,1-3H3,(H,19,20);1H. The molecule has 1 N–H and O–H groups in total. The van der Waals surface area contributed by atoms with Crippen molar-refractivity contribution in [3.8, 4) is 17.0 Å². The smallest absolute Gasteiger partial charge is 0.187 e. The molecule has 0 aliphatic rings. The van der Waals surface area contributed by atoms with Crippen LogP contribution in [0.25, 0.3) is 11.3 Å². The highest BCUT2D eigenvalue weighted by molar-refractivity contribution is 8.93. The predicted octanol–water partition coefficient (Wildman–Crippen LogP) is 5.76. The zero-order chi connectivity index (χ0) is 15.5. The van der Waals surface area contributed by atoms with Gasteiger partial charge in [0.25, 0.3) is 0 Å². The lowest BCUT2D eigenvalue weighted by Gasteiger charge is -2.08. The highest BCUT2D eigenvalue weighted by atomic mass is 79.9. The molecule has 0 bridgehead atoms. The summed E-state index contributed by atoms with van der Waals surface area (Å²) in [7, 11) is 1.67. The molecule has 1 aromatic heterocycles. The summed E-state index contributed by atoms with van der Waals surface area (Å²) in [6.45, 7) is 4.21. The number of rotatable bonds is 4. The van der Waals surface area contributed by atoms with Crippen molar-refractivity contribution in [2.24, 2.45) is 0 Å². The van der Waals surface area contributed by atoms with E-state index in [9.17, 15) is 0 Å². The van der Waals surface area contributed by atoms with Crippen molar-refractivity contribution in [2.45, 2.75) is 13.8 Å². The zero-order valence-corrected chi connectivity index (χ0v) is 15.8. The Morgan fingerprint density at radius 3 is 2.65 bits per heavy atom. The lowest BCUT2D eigenvalue weighted by molar-refractivity contribution is 0.417. The Kier molecular flexibility index (Phi) is 5.80. The van der Waals surface area contributed by atoms with Crippen molar-refractivity contribution >= 4 is 39.1 Å². The number of anilines is 2. The van der Waals surface area contributed by atoms with E-state index in [2.05, 4.69) is 42.7 Å². The molecule has 120 valence electrons. The van der Waals surface area contributed by atoms with Gasteiger partial charge >= 0.3 is 0 Å². The SMILES string of the molecule is Br.COc1ccccc1Nc1nc(-c2cc(C)ccc2C)cs1. The number of benzene rings is 2. The van der Waals surface area contributed by atoms with Crippen molar-refractivity contribution in [1.29, 1.82) is 0 Å². The van der Waals surface area contributed by atoms with E-state index in [1.165, 1.54) is 16.7 Å². The van der Waals surface area contributed by atoms with E-state index in [0.717, 1.165) is 22.3 Å². The normalized spacial score (nSPS) is 10.0. The number of ether oxygens (including phenoxy) is 1. The Bertz CT molecular complexity index is 801. The lowest BCUT2D eigenvalue weighted by Crippen LogP contribution is -1.94. The number of aryl methyl sites for hydroxylation is 2. The largest absolute Gasteiger partial charge is 0.495 e.